The fraction of sp³-hybridized carbons (Fsp3) is 0.333. The number of aryl methyl sites for hydroxylation is 2. The van der Waals surface area contributed by atoms with E-state index in [1.165, 1.54) is 0 Å². The maximum absolute atomic E-state index is 5.96. The lowest BCUT2D eigenvalue weighted by Gasteiger charge is -2.12. The molecule has 106 valence electrons. The Morgan fingerprint density at radius 1 is 1.30 bits per heavy atom. The lowest BCUT2D eigenvalue weighted by atomic mass is 10.2. The SMILES string of the molecule is CCOc1ccc(Nc2nc(C)cnc2C)cc1CCl. The highest BCUT2D eigenvalue weighted by atomic mass is 35.5. The largest absolute Gasteiger partial charge is 0.494 e. The molecule has 0 radical (unpaired) electrons. The Morgan fingerprint density at radius 3 is 2.80 bits per heavy atom. The number of alkyl halides is 1. The van der Waals surface area contributed by atoms with Crippen molar-refractivity contribution in [3.8, 4) is 5.75 Å². The van der Waals surface area contributed by atoms with Crippen LogP contribution in [-0.4, -0.2) is 16.6 Å². The monoisotopic (exact) mass is 291 g/mol. The minimum Gasteiger partial charge on any atom is -0.494 e. The van der Waals surface area contributed by atoms with Gasteiger partial charge in [-0.2, -0.15) is 0 Å². The molecule has 0 aliphatic heterocycles. The van der Waals surface area contributed by atoms with Crippen molar-refractivity contribution in [1.82, 2.24) is 9.97 Å². The molecular weight excluding hydrogens is 274 g/mol. The topological polar surface area (TPSA) is 47.0 Å². The van der Waals surface area contributed by atoms with Gasteiger partial charge in [-0.05, 0) is 39.0 Å². The smallest absolute Gasteiger partial charge is 0.152 e. The predicted molar refractivity (Wildman–Crippen MR) is 82.0 cm³/mol. The second-order valence-corrected chi connectivity index (χ2v) is 4.73. The second kappa shape index (κ2) is 6.57. The van der Waals surface area contributed by atoms with Gasteiger partial charge in [-0.25, -0.2) is 4.98 Å². The lowest BCUT2D eigenvalue weighted by molar-refractivity contribution is 0.337. The van der Waals surface area contributed by atoms with Gasteiger partial charge in [-0.3, -0.25) is 4.98 Å². The van der Waals surface area contributed by atoms with Crippen molar-refractivity contribution in [3.05, 3.63) is 41.3 Å². The highest BCUT2D eigenvalue weighted by Gasteiger charge is 2.07. The van der Waals surface area contributed by atoms with E-state index in [1.807, 2.05) is 39.0 Å². The Kier molecular flexibility index (Phi) is 4.79. The summed E-state index contributed by atoms with van der Waals surface area (Å²) in [5, 5.41) is 3.27. The molecule has 0 saturated carbocycles. The number of halogens is 1. The third kappa shape index (κ3) is 3.39. The quantitative estimate of drug-likeness (QED) is 0.847. The summed E-state index contributed by atoms with van der Waals surface area (Å²) >= 11 is 5.96. The standard InChI is InChI=1S/C15H18ClN3O/c1-4-20-14-6-5-13(7-12(14)8-16)19-15-11(3)17-9-10(2)18-15/h5-7,9H,4,8H2,1-3H3,(H,18,19). The molecule has 5 heteroatoms. The van der Waals surface area contributed by atoms with Gasteiger partial charge in [0.15, 0.2) is 5.82 Å². The van der Waals surface area contributed by atoms with E-state index >= 15 is 0 Å². The molecule has 0 aliphatic carbocycles. The molecule has 4 nitrogen and oxygen atoms in total. The molecule has 0 unspecified atom stereocenters. The average Bonchev–Trinajstić information content (AvgIpc) is 2.44. The number of nitrogens with zero attached hydrogens (tertiary/aromatic N) is 2. The van der Waals surface area contributed by atoms with Gasteiger partial charge in [0.05, 0.1) is 23.9 Å². The maximum atomic E-state index is 5.96. The van der Waals surface area contributed by atoms with E-state index in [0.29, 0.717) is 12.5 Å². The molecule has 0 amide bonds. The third-order valence-corrected chi connectivity index (χ3v) is 3.13. The summed E-state index contributed by atoms with van der Waals surface area (Å²) in [5.41, 5.74) is 3.61. The van der Waals surface area contributed by atoms with Crippen molar-refractivity contribution in [2.75, 3.05) is 11.9 Å². The minimum atomic E-state index is 0.406. The van der Waals surface area contributed by atoms with Crippen molar-refractivity contribution < 1.29 is 4.74 Å². The van der Waals surface area contributed by atoms with Gasteiger partial charge >= 0.3 is 0 Å². The predicted octanol–water partition coefficient (Wildman–Crippen LogP) is 3.97. The van der Waals surface area contributed by atoms with Crippen LogP contribution >= 0.6 is 11.6 Å². The first-order valence-corrected chi connectivity index (χ1v) is 7.06. The van der Waals surface area contributed by atoms with Crippen LogP contribution in [0.25, 0.3) is 0 Å². The molecule has 0 atom stereocenters. The number of hydrogen-bond acceptors (Lipinski definition) is 4. The van der Waals surface area contributed by atoms with Crippen molar-refractivity contribution in [2.45, 2.75) is 26.7 Å². The van der Waals surface area contributed by atoms with Crippen molar-refractivity contribution >= 4 is 23.1 Å². The summed E-state index contributed by atoms with van der Waals surface area (Å²) < 4.78 is 5.54. The van der Waals surface area contributed by atoms with Crippen molar-refractivity contribution in [1.29, 1.82) is 0 Å². The zero-order valence-electron chi connectivity index (χ0n) is 11.9. The fourth-order valence-corrected chi connectivity index (χ4v) is 2.06. The first kappa shape index (κ1) is 14.6. The van der Waals surface area contributed by atoms with E-state index in [-0.39, 0.29) is 0 Å². The lowest BCUT2D eigenvalue weighted by Crippen LogP contribution is -2.01. The summed E-state index contributed by atoms with van der Waals surface area (Å²) in [4.78, 5) is 8.73. The van der Waals surface area contributed by atoms with Gasteiger partial charge in [0.2, 0.25) is 0 Å². The van der Waals surface area contributed by atoms with Gasteiger partial charge in [0.25, 0.3) is 0 Å². The molecule has 0 spiro atoms. The highest BCUT2D eigenvalue weighted by molar-refractivity contribution is 6.17. The molecular formula is C15H18ClN3O. The first-order chi connectivity index (χ1) is 9.63. The van der Waals surface area contributed by atoms with E-state index in [4.69, 9.17) is 16.3 Å². The average molecular weight is 292 g/mol. The zero-order chi connectivity index (χ0) is 14.5. The van der Waals surface area contributed by atoms with E-state index < -0.39 is 0 Å². The number of anilines is 2. The van der Waals surface area contributed by atoms with Crippen molar-refractivity contribution in [2.24, 2.45) is 0 Å². The third-order valence-electron chi connectivity index (χ3n) is 2.84. The molecule has 20 heavy (non-hydrogen) atoms. The summed E-state index contributed by atoms with van der Waals surface area (Å²) in [6, 6.07) is 5.84. The van der Waals surface area contributed by atoms with E-state index in [0.717, 1.165) is 34.2 Å². The number of nitrogens with one attached hydrogen (secondary N) is 1. The summed E-state index contributed by atoms with van der Waals surface area (Å²) in [5.74, 6) is 1.98. The van der Waals surface area contributed by atoms with E-state index in [1.54, 1.807) is 6.20 Å². The number of rotatable bonds is 5. The molecule has 2 rings (SSSR count). The first-order valence-electron chi connectivity index (χ1n) is 6.53. The number of ether oxygens (including phenoxy) is 1. The van der Waals surface area contributed by atoms with Crippen LogP contribution in [0.4, 0.5) is 11.5 Å². The number of hydrogen-bond donors (Lipinski definition) is 1. The Hall–Kier alpha value is -1.81. The van der Waals surface area contributed by atoms with Gasteiger partial charge in [0, 0.05) is 17.4 Å². The molecule has 1 N–H and O–H groups in total. The van der Waals surface area contributed by atoms with Crippen LogP contribution in [0.1, 0.15) is 23.9 Å². The van der Waals surface area contributed by atoms with Crippen molar-refractivity contribution in [3.63, 3.8) is 0 Å². The summed E-state index contributed by atoms with van der Waals surface area (Å²) in [7, 11) is 0. The van der Waals surface area contributed by atoms with E-state index in [2.05, 4.69) is 15.3 Å². The molecule has 0 aliphatic rings. The van der Waals surface area contributed by atoms with Gasteiger partial charge in [0.1, 0.15) is 5.75 Å². The Bertz CT molecular complexity index is 602. The normalized spacial score (nSPS) is 10.4. The van der Waals surface area contributed by atoms with Crippen LogP contribution in [0.5, 0.6) is 5.75 Å². The molecule has 1 aromatic carbocycles. The van der Waals surface area contributed by atoms with Crippen LogP contribution in [0, 0.1) is 13.8 Å². The summed E-state index contributed by atoms with van der Waals surface area (Å²) in [6.45, 7) is 6.42. The van der Waals surface area contributed by atoms with Crippen LogP contribution in [0.2, 0.25) is 0 Å². The Morgan fingerprint density at radius 2 is 2.10 bits per heavy atom. The molecule has 0 bridgehead atoms. The number of benzene rings is 1. The second-order valence-electron chi connectivity index (χ2n) is 4.46. The summed E-state index contributed by atoms with van der Waals surface area (Å²) in [6.07, 6.45) is 1.75. The minimum absolute atomic E-state index is 0.406. The maximum Gasteiger partial charge on any atom is 0.152 e. The molecule has 2 aromatic rings. The molecule has 0 saturated heterocycles. The molecule has 1 aromatic heterocycles. The van der Waals surface area contributed by atoms with Crippen LogP contribution in [-0.2, 0) is 5.88 Å². The van der Waals surface area contributed by atoms with Crippen LogP contribution in [0.3, 0.4) is 0 Å². The molecule has 0 fully saturated rings. The van der Waals surface area contributed by atoms with Gasteiger partial charge in [-0.1, -0.05) is 0 Å². The zero-order valence-corrected chi connectivity index (χ0v) is 12.7. The van der Waals surface area contributed by atoms with Crippen LogP contribution < -0.4 is 10.1 Å². The number of aromatic nitrogens is 2. The Balaban J connectivity index is 2.27. The van der Waals surface area contributed by atoms with Crippen LogP contribution in [0.15, 0.2) is 24.4 Å². The van der Waals surface area contributed by atoms with Gasteiger partial charge in [-0.15, -0.1) is 11.6 Å². The molecule has 1 heterocycles. The fourth-order valence-electron chi connectivity index (χ4n) is 1.85. The Labute approximate surface area is 124 Å². The van der Waals surface area contributed by atoms with Gasteiger partial charge < -0.3 is 10.1 Å². The van der Waals surface area contributed by atoms with E-state index in [9.17, 15) is 0 Å². The highest BCUT2D eigenvalue weighted by Crippen LogP contribution is 2.26.